The molecule has 4 heteroatoms. The Morgan fingerprint density at radius 1 is 0.917 bits per heavy atom. The van der Waals surface area contributed by atoms with Crippen LogP contribution in [0.5, 0.6) is 0 Å². The number of aliphatic hydroxyl groups is 1. The lowest BCUT2D eigenvalue weighted by atomic mass is 9.72. The van der Waals surface area contributed by atoms with Gasteiger partial charge < -0.3 is 15.1 Å². The molecule has 0 amide bonds. The van der Waals surface area contributed by atoms with Gasteiger partial charge in [-0.2, -0.15) is 0 Å². The zero-order valence-corrected chi connectivity index (χ0v) is 20.3. The number of hydrogen-bond donors (Lipinski definition) is 2. The van der Waals surface area contributed by atoms with E-state index in [1.165, 1.54) is 12.1 Å². The van der Waals surface area contributed by atoms with E-state index in [1.807, 2.05) is 72.8 Å². The third-order valence-corrected chi connectivity index (χ3v) is 7.19. The summed E-state index contributed by atoms with van der Waals surface area (Å²) in [5, 5.41) is 21.8. The summed E-state index contributed by atoms with van der Waals surface area (Å²) >= 11 is 0. The van der Waals surface area contributed by atoms with Crippen LogP contribution in [0.1, 0.15) is 63.4 Å². The lowest BCUT2D eigenvalue weighted by Gasteiger charge is -2.42. The summed E-state index contributed by atoms with van der Waals surface area (Å²) in [5.74, 6) is -1.82. The molecule has 0 aromatic heterocycles. The molecule has 0 unspecified atom stereocenters. The first-order valence-corrected chi connectivity index (χ1v) is 12.4. The van der Waals surface area contributed by atoms with Crippen LogP contribution in [0.4, 0.5) is 0 Å². The summed E-state index contributed by atoms with van der Waals surface area (Å²) in [6.07, 6.45) is 6.31. The average Bonchev–Trinajstić information content (AvgIpc) is 2.95. The maximum atomic E-state index is 12.1. The third-order valence-electron chi connectivity index (χ3n) is 7.19. The molecule has 0 radical (unpaired) electrons. The van der Waals surface area contributed by atoms with Crippen molar-refractivity contribution in [3.05, 3.63) is 113 Å². The van der Waals surface area contributed by atoms with Gasteiger partial charge in [-0.3, -0.25) is 4.79 Å². The lowest BCUT2D eigenvalue weighted by Crippen LogP contribution is -2.44. The van der Waals surface area contributed by atoms with Gasteiger partial charge in [-0.05, 0) is 74.2 Å². The molecule has 3 aromatic rings. The van der Waals surface area contributed by atoms with Gasteiger partial charge in [0.25, 0.3) is 0 Å². The number of carboxylic acid groups (broad SMARTS) is 1. The number of nitrogens with zero attached hydrogens (tertiary/aromatic N) is 1. The molecule has 4 rings (SSSR count). The average molecular weight is 490 g/mol. The van der Waals surface area contributed by atoms with Crippen LogP contribution in [-0.2, 0) is 15.8 Å². The maximum Gasteiger partial charge on any atom is 0.313 e. The first-order valence-electron chi connectivity index (χ1n) is 15.4. The summed E-state index contributed by atoms with van der Waals surface area (Å²) in [4.78, 5) is 14.4. The van der Waals surface area contributed by atoms with Crippen LogP contribution in [-0.4, -0.2) is 40.7 Å². The van der Waals surface area contributed by atoms with Gasteiger partial charge in [0.15, 0.2) is 0 Å². The monoisotopic (exact) mass is 489 g/mol. The van der Waals surface area contributed by atoms with Crippen molar-refractivity contribution in [3.63, 3.8) is 0 Å². The summed E-state index contributed by atoms with van der Waals surface area (Å²) in [7, 11) is 0. The standard InChI is InChI=1S/C32H37NO3/c1-31(2,30(34)35)26-18-16-25(17-19-26)11-9-10-22-33-23-20-29(21-24-33)32(36,27-12-5-3-6-13-27)28-14-7-4-8-15-28/h3-9,11-19,29,36H,10,20-24H2,1-2H3,(H,34,35)/b11-9-/i1D3,2D3. The van der Waals surface area contributed by atoms with Crippen molar-refractivity contribution in [2.24, 2.45) is 5.92 Å². The van der Waals surface area contributed by atoms with Crippen LogP contribution >= 0.6 is 0 Å². The number of aliphatic carboxylic acids is 1. The number of piperidine rings is 1. The maximum absolute atomic E-state index is 12.1. The molecule has 1 fully saturated rings. The van der Waals surface area contributed by atoms with E-state index in [-0.39, 0.29) is 11.5 Å². The van der Waals surface area contributed by atoms with Crippen LogP contribution in [0.25, 0.3) is 6.08 Å². The highest BCUT2D eigenvalue weighted by Crippen LogP contribution is 2.41. The molecule has 1 saturated heterocycles. The van der Waals surface area contributed by atoms with Crippen molar-refractivity contribution in [2.45, 2.75) is 44.0 Å². The zero-order chi connectivity index (χ0) is 30.6. The Hall–Kier alpha value is -3.21. The molecule has 0 saturated carbocycles. The zero-order valence-electron chi connectivity index (χ0n) is 26.3. The van der Waals surface area contributed by atoms with Gasteiger partial charge in [-0.1, -0.05) is 97.1 Å². The summed E-state index contributed by atoms with van der Waals surface area (Å²) in [6, 6.07) is 25.3. The minimum atomic E-state index is -3.27. The van der Waals surface area contributed by atoms with Gasteiger partial charge in [0.2, 0.25) is 0 Å². The Balaban J connectivity index is 1.38. The second-order valence-electron chi connectivity index (χ2n) is 9.48. The molecule has 4 nitrogen and oxygen atoms in total. The Bertz CT molecular complexity index is 1290. The smallest absolute Gasteiger partial charge is 0.313 e. The number of carbonyl (C=O) groups is 1. The van der Waals surface area contributed by atoms with Crippen molar-refractivity contribution in [3.8, 4) is 0 Å². The normalized spacial score (nSPS) is 19.0. The fourth-order valence-corrected chi connectivity index (χ4v) is 5.04. The first kappa shape index (κ1) is 19.0. The Kier molecular flexibility index (Phi) is 5.92. The second kappa shape index (κ2) is 11.2. The molecule has 1 aliphatic heterocycles. The lowest BCUT2D eigenvalue weighted by molar-refractivity contribution is -0.142. The predicted molar refractivity (Wildman–Crippen MR) is 146 cm³/mol. The van der Waals surface area contributed by atoms with Gasteiger partial charge in [0, 0.05) is 14.8 Å². The van der Waals surface area contributed by atoms with Crippen LogP contribution < -0.4 is 0 Å². The van der Waals surface area contributed by atoms with Gasteiger partial charge in [0.05, 0.1) is 5.41 Å². The van der Waals surface area contributed by atoms with Crippen molar-refractivity contribution in [2.75, 3.05) is 19.6 Å². The molecule has 188 valence electrons. The Labute approximate surface area is 223 Å². The van der Waals surface area contributed by atoms with E-state index in [0.717, 1.165) is 50.0 Å². The van der Waals surface area contributed by atoms with Gasteiger partial charge >= 0.3 is 5.97 Å². The summed E-state index contributed by atoms with van der Waals surface area (Å²) < 4.78 is 46.4. The van der Waals surface area contributed by atoms with Crippen molar-refractivity contribution in [1.29, 1.82) is 0 Å². The Morgan fingerprint density at radius 2 is 1.47 bits per heavy atom. The van der Waals surface area contributed by atoms with Gasteiger partial charge in [-0.15, -0.1) is 0 Å². The third kappa shape index (κ3) is 5.61. The molecule has 0 spiro atoms. The van der Waals surface area contributed by atoms with Gasteiger partial charge in [0.1, 0.15) is 5.60 Å². The van der Waals surface area contributed by atoms with E-state index in [2.05, 4.69) is 4.90 Å². The van der Waals surface area contributed by atoms with E-state index < -0.39 is 30.7 Å². The number of likely N-dealkylation sites (tertiary alicyclic amines) is 1. The molecular formula is C32H37NO3. The van der Waals surface area contributed by atoms with Crippen LogP contribution in [0.2, 0.25) is 0 Å². The Morgan fingerprint density at radius 3 is 1.97 bits per heavy atom. The van der Waals surface area contributed by atoms with E-state index in [0.29, 0.717) is 5.56 Å². The second-order valence-corrected chi connectivity index (χ2v) is 9.48. The number of benzene rings is 3. The summed E-state index contributed by atoms with van der Waals surface area (Å²) in [5.41, 5.74) is -1.83. The van der Waals surface area contributed by atoms with E-state index in [9.17, 15) is 15.0 Å². The highest BCUT2D eigenvalue weighted by Gasteiger charge is 2.41. The van der Waals surface area contributed by atoms with Crippen LogP contribution in [0.15, 0.2) is 91.0 Å². The van der Waals surface area contributed by atoms with Crippen molar-refractivity contribution < 1.29 is 23.2 Å². The number of hydrogen-bond acceptors (Lipinski definition) is 3. The fourth-order valence-electron chi connectivity index (χ4n) is 5.04. The molecule has 0 aliphatic carbocycles. The predicted octanol–water partition coefficient (Wildman–Crippen LogP) is 6.10. The van der Waals surface area contributed by atoms with Crippen LogP contribution in [0.3, 0.4) is 0 Å². The highest BCUT2D eigenvalue weighted by molar-refractivity contribution is 5.80. The molecule has 36 heavy (non-hydrogen) atoms. The molecule has 3 aromatic carbocycles. The van der Waals surface area contributed by atoms with Crippen LogP contribution in [0, 0.1) is 5.92 Å². The van der Waals surface area contributed by atoms with E-state index >= 15 is 0 Å². The highest BCUT2D eigenvalue weighted by atomic mass is 16.4. The van der Waals surface area contributed by atoms with Crippen molar-refractivity contribution in [1.82, 2.24) is 4.90 Å². The van der Waals surface area contributed by atoms with Gasteiger partial charge in [-0.25, -0.2) is 0 Å². The molecular weight excluding hydrogens is 446 g/mol. The quantitative estimate of drug-likeness (QED) is 0.381. The largest absolute Gasteiger partial charge is 0.481 e. The molecule has 0 atom stereocenters. The molecule has 1 heterocycles. The molecule has 1 aliphatic rings. The first-order chi connectivity index (χ1) is 19.8. The summed E-state index contributed by atoms with van der Waals surface area (Å²) in [6.45, 7) is -4.00. The topological polar surface area (TPSA) is 60.8 Å². The molecule has 0 bridgehead atoms. The fraction of sp³-hybridized carbons (Fsp3) is 0.344. The SMILES string of the molecule is [2H]C([2H])([2H])C(C(=O)O)(c1ccc(/C=C\CCN2CCC(C(O)(c3ccccc3)c3ccccc3)CC2)cc1)C([2H])([2H])[2H]. The molecule has 2 N–H and O–H groups in total. The minimum absolute atomic E-state index is 0.0790. The number of rotatable bonds is 9. The van der Waals surface area contributed by atoms with E-state index in [4.69, 9.17) is 8.22 Å². The number of carboxylic acids is 1. The van der Waals surface area contributed by atoms with E-state index in [1.54, 1.807) is 12.1 Å². The minimum Gasteiger partial charge on any atom is -0.481 e. The van der Waals surface area contributed by atoms with Crippen molar-refractivity contribution >= 4 is 12.0 Å².